The van der Waals surface area contributed by atoms with Gasteiger partial charge in [-0.05, 0) is 32.3 Å². The Kier molecular flexibility index (Phi) is 4.66. The highest BCUT2D eigenvalue weighted by Crippen LogP contribution is 2.34. The first-order chi connectivity index (χ1) is 11.0. The zero-order chi connectivity index (χ0) is 16.4. The molecule has 0 aliphatic heterocycles. The summed E-state index contributed by atoms with van der Waals surface area (Å²) in [5.74, 6) is 0.358. The number of urea groups is 1. The number of nitrogens with zero attached hydrogens (tertiary/aromatic N) is 4. The van der Waals surface area contributed by atoms with Crippen molar-refractivity contribution in [1.82, 2.24) is 25.0 Å². The van der Waals surface area contributed by atoms with E-state index in [1.807, 2.05) is 20.2 Å². The van der Waals surface area contributed by atoms with E-state index in [0.717, 1.165) is 23.5 Å². The van der Waals surface area contributed by atoms with Crippen molar-refractivity contribution >= 4 is 17.4 Å². The van der Waals surface area contributed by atoms with Crippen LogP contribution in [0, 0.1) is 6.92 Å². The van der Waals surface area contributed by atoms with Gasteiger partial charge < -0.3 is 10.2 Å². The average Bonchev–Trinajstić information content (AvgIpc) is 3.10. The molecule has 1 atom stereocenters. The zero-order valence-corrected chi connectivity index (χ0v) is 14.7. The van der Waals surface area contributed by atoms with Crippen LogP contribution in [0.2, 0.25) is 0 Å². The molecule has 2 aromatic heterocycles. The lowest BCUT2D eigenvalue weighted by molar-refractivity contribution is 0.203. The fraction of sp³-hybridized carbons (Fsp3) is 0.562. The first-order valence-electron chi connectivity index (χ1n) is 7.96. The van der Waals surface area contributed by atoms with Crippen LogP contribution in [0.1, 0.15) is 40.0 Å². The standard InChI is InChI=1S/C16H23N5OS/c1-11-19-15-12(5-4-6-14(15)23-11)10-20(2)16(22)17-9-13-7-8-18-21(13)3/h7-8,12H,4-6,9-10H2,1-3H3,(H,17,22)/t12-/m0/s1. The summed E-state index contributed by atoms with van der Waals surface area (Å²) in [6.07, 6.45) is 5.16. The lowest BCUT2D eigenvalue weighted by atomic mass is 9.91. The van der Waals surface area contributed by atoms with E-state index in [2.05, 4.69) is 17.3 Å². The Balaban J connectivity index is 1.57. The monoisotopic (exact) mass is 333 g/mol. The first kappa shape index (κ1) is 16.0. The maximum absolute atomic E-state index is 12.3. The van der Waals surface area contributed by atoms with Crippen LogP contribution < -0.4 is 5.32 Å². The van der Waals surface area contributed by atoms with Crippen LogP contribution in [0.25, 0.3) is 0 Å². The summed E-state index contributed by atoms with van der Waals surface area (Å²) in [5, 5.41) is 8.19. The Labute approximate surface area is 140 Å². The second-order valence-corrected chi connectivity index (χ2v) is 7.40. The minimum Gasteiger partial charge on any atom is -0.332 e. The van der Waals surface area contributed by atoms with Gasteiger partial charge in [-0.1, -0.05) is 0 Å². The number of thiazole rings is 1. The van der Waals surface area contributed by atoms with Crippen molar-refractivity contribution in [3.63, 3.8) is 0 Å². The molecule has 1 N–H and O–H groups in total. The molecule has 23 heavy (non-hydrogen) atoms. The highest BCUT2D eigenvalue weighted by molar-refractivity contribution is 7.11. The van der Waals surface area contributed by atoms with E-state index in [1.165, 1.54) is 17.0 Å². The van der Waals surface area contributed by atoms with Crippen molar-refractivity contribution in [3.05, 3.63) is 33.5 Å². The van der Waals surface area contributed by atoms with Crippen molar-refractivity contribution in [2.75, 3.05) is 13.6 Å². The minimum atomic E-state index is -0.0507. The van der Waals surface area contributed by atoms with Gasteiger partial charge in [-0.3, -0.25) is 4.68 Å². The van der Waals surface area contributed by atoms with E-state index in [-0.39, 0.29) is 6.03 Å². The number of hydrogen-bond donors (Lipinski definition) is 1. The normalized spacial score (nSPS) is 16.9. The SMILES string of the molecule is Cc1nc2c(s1)CCC[C@H]2CN(C)C(=O)NCc1ccnn1C. The van der Waals surface area contributed by atoms with Gasteiger partial charge in [0, 0.05) is 37.6 Å². The Hall–Kier alpha value is -1.89. The number of likely N-dealkylation sites (N-methyl/N-ethyl adjacent to an activating group) is 1. The molecular weight excluding hydrogens is 310 g/mol. The molecule has 0 fully saturated rings. The summed E-state index contributed by atoms with van der Waals surface area (Å²) >= 11 is 1.80. The molecular formula is C16H23N5OS. The molecule has 0 spiro atoms. The quantitative estimate of drug-likeness (QED) is 0.935. The first-order valence-corrected chi connectivity index (χ1v) is 8.78. The Morgan fingerprint density at radius 1 is 1.57 bits per heavy atom. The van der Waals surface area contributed by atoms with Gasteiger partial charge in [0.2, 0.25) is 0 Å². The van der Waals surface area contributed by atoms with Crippen LogP contribution in [0.4, 0.5) is 4.79 Å². The van der Waals surface area contributed by atoms with Crippen molar-refractivity contribution < 1.29 is 4.79 Å². The third kappa shape index (κ3) is 3.55. The number of aryl methyl sites for hydroxylation is 3. The van der Waals surface area contributed by atoms with Crippen LogP contribution in [-0.2, 0) is 20.0 Å². The summed E-state index contributed by atoms with van der Waals surface area (Å²) in [6.45, 7) is 3.27. The molecule has 7 heteroatoms. The molecule has 124 valence electrons. The third-order valence-electron chi connectivity index (χ3n) is 4.36. The van der Waals surface area contributed by atoms with Crippen LogP contribution in [0.15, 0.2) is 12.3 Å². The number of carbonyl (C=O) groups is 1. The smallest absolute Gasteiger partial charge is 0.317 e. The molecule has 6 nitrogen and oxygen atoms in total. The van der Waals surface area contributed by atoms with Crippen molar-refractivity contribution in [2.24, 2.45) is 7.05 Å². The Morgan fingerprint density at radius 2 is 2.39 bits per heavy atom. The Bertz CT molecular complexity index is 692. The van der Waals surface area contributed by atoms with Crippen molar-refractivity contribution in [3.8, 4) is 0 Å². The van der Waals surface area contributed by atoms with Crippen LogP contribution in [-0.4, -0.2) is 39.3 Å². The van der Waals surface area contributed by atoms with Gasteiger partial charge in [-0.2, -0.15) is 5.10 Å². The molecule has 3 rings (SSSR count). The molecule has 0 saturated carbocycles. The zero-order valence-electron chi connectivity index (χ0n) is 13.9. The molecule has 1 aliphatic rings. The summed E-state index contributed by atoms with van der Waals surface area (Å²) in [7, 11) is 3.73. The number of rotatable bonds is 4. The van der Waals surface area contributed by atoms with E-state index < -0.39 is 0 Å². The molecule has 0 saturated heterocycles. The molecule has 2 amide bonds. The summed E-state index contributed by atoms with van der Waals surface area (Å²) in [6, 6.07) is 1.86. The molecule has 2 aromatic rings. The number of amides is 2. The maximum atomic E-state index is 12.3. The number of aromatic nitrogens is 3. The largest absolute Gasteiger partial charge is 0.332 e. The summed E-state index contributed by atoms with van der Waals surface area (Å²) in [5.41, 5.74) is 2.20. The lowest BCUT2D eigenvalue weighted by Crippen LogP contribution is -2.39. The molecule has 1 aliphatic carbocycles. The lowest BCUT2D eigenvalue weighted by Gasteiger charge is -2.26. The average molecular weight is 333 g/mol. The van der Waals surface area contributed by atoms with E-state index >= 15 is 0 Å². The van der Waals surface area contributed by atoms with Crippen LogP contribution >= 0.6 is 11.3 Å². The summed E-state index contributed by atoms with van der Waals surface area (Å²) in [4.78, 5) is 20.2. The number of hydrogen-bond acceptors (Lipinski definition) is 4. The van der Waals surface area contributed by atoms with E-state index in [4.69, 9.17) is 4.98 Å². The number of carbonyl (C=O) groups excluding carboxylic acids is 1. The van der Waals surface area contributed by atoms with E-state index in [1.54, 1.807) is 27.1 Å². The fourth-order valence-electron chi connectivity index (χ4n) is 3.10. The van der Waals surface area contributed by atoms with E-state index in [9.17, 15) is 4.79 Å². The van der Waals surface area contributed by atoms with Crippen LogP contribution in [0.5, 0.6) is 0 Å². The van der Waals surface area contributed by atoms with Gasteiger partial charge >= 0.3 is 6.03 Å². The molecule has 2 heterocycles. The highest BCUT2D eigenvalue weighted by Gasteiger charge is 2.26. The predicted octanol–water partition coefficient (Wildman–Crippen LogP) is 2.45. The summed E-state index contributed by atoms with van der Waals surface area (Å²) < 4.78 is 1.77. The van der Waals surface area contributed by atoms with Crippen molar-refractivity contribution in [2.45, 2.75) is 38.6 Å². The number of fused-ring (bicyclic) bond motifs is 1. The van der Waals surface area contributed by atoms with Gasteiger partial charge in [-0.25, -0.2) is 9.78 Å². The maximum Gasteiger partial charge on any atom is 0.317 e. The predicted molar refractivity (Wildman–Crippen MR) is 90.6 cm³/mol. The molecule has 0 unspecified atom stereocenters. The van der Waals surface area contributed by atoms with Gasteiger partial charge in [0.05, 0.1) is 22.9 Å². The second-order valence-electron chi connectivity index (χ2n) is 6.12. The number of nitrogens with one attached hydrogen (secondary N) is 1. The van der Waals surface area contributed by atoms with Gasteiger partial charge in [0.15, 0.2) is 0 Å². The van der Waals surface area contributed by atoms with Crippen LogP contribution in [0.3, 0.4) is 0 Å². The van der Waals surface area contributed by atoms with Crippen molar-refractivity contribution in [1.29, 1.82) is 0 Å². The fourth-order valence-corrected chi connectivity index (χ4v) is 4.16. The van der Waals surface area contributed by atoms with Gasteiger partial charge in [0.25, 0.3) is 0 Å². The Morgan fingerprint density at radius 3 is 3.13 bits per heavy atom. The second kappa shape index (κ2) is 6.70. The topological polar surface area (TPSA) is 63.1 Å². The van der Waals surface area contributed by atoms with Gasteiger partial charge in [0.1, 0.15) is 0 Å². The molecule has 0 bridgehead atoms. The molecule has 0 radical (unpaired) electrons. The minimum absolute atomic E-state index is 0.0507. The molecule has 0 aromatic carbocycles. The van der Waals surface area contributed by atoms with E-state index in [0.29, 0.717) is 19.0 Å². The third-order valence-corrected chi connectivity index (χ3v) is 5.41. The highest BCUT2D eigenvalue weighted by atomic mass is 32.1. The van der Waals surface area contributed by atoms with Gasteiger partial charge in [-0.15, -0.1) is 11.3 Å².